The van der Waals surface area contributed by atoms with E-state index in [9.17, 15) is 8.42 Å². The highest BCUT2D eigenvalue weighted by molar-refractivity contribution is 7.90. The van der Waals surface area contributed by atoms with Crippen molar-refractivity contribution in [2.45, 2.75) is 59.3 Å². The van der Waals surface area contributed by atoms with Crippen molar-refractivity contribution in [1.29, 1.82) is 0 Å². The average Bonchev–Trinajstić information content (AvgIpc) is 2.15. The third-order valence-corrected chi connectivity index (χ3v) is 4.94. The van der Waals surface area contributed by atoms with Crippen LogP contribution in [0.3, 0.4) is 0 Å². The Morgan fingerprint density at radius 3 is 2.12 bits per heavy atom. The van der Waals surface area contributed by atoms with Gasteiger partial charge in [0.05, 0.1) is 5.25 Å². The predicted molar refractivity (Wildman–Crippen MR) is 73.6 cm³/mol. The van der Waals surface area contributed by atoms with Crippen LogP contribution in [0.1, 0.15) is 48.0 Å². The molecule has 104 valence electrons. The lowest BCUT2D eigenvalue weighted by Gasteiger charge is -2.29. The molecular formula is C12H28N2O2S. The lowest BCUT2D eigenvalue weighted by molar-refractivity contribution is 0.317. The van der Waals surface area contributed by atoms with E-state index in [1.54, 1.807) is 6.92 Å². The molecule has 5 heteroatoms. The van der Waals surface area contributed by atoms with Crippen LogP contribution in [0, 0.1) is 5.41 Å². The molecular weight excluding hydrogens is 236 g/mol. The quantitative estimate of drug-likeness (QED) is 0.689. The summed E-state index contributed by atoms with van der Waals surface area (Å²) in [6, 6.07) is -0.0684. The molecule has 0 aliphatic carbocycles. The number of nitrogens with one attached hydrogen (secondary N) is 2. The smallest absolute Gasteiger partial charge is 0.215 e. The monoisotopic (exact) mass is 264 g/mol. The molecule has 2 atom stereocenters. The minimum absolute atomic E-state index is 0.0658. The molecule has 17 heavy (non-hydrogen) atoms. The fraction of sp³-hybridized carbons (Fsp3) is 1.00. The number of hydrogen-bond acceptors (Lipinski definition) is 3. The fourth-order valence-electron chi connectivity index (χ4n) is 1.13. The first-order valence-electron chi connectivity index (χ1n) is 6.33. The van der Waals surface area contributed by atoms with Crippen molar-refractivity contribution < 1.29 is 8.42 Å². The van der Waals surface area contributed by atoms with Crippen molar-refractivity contribution in [2.75, 3.05) is 13.1 Å². The lowest BCUT2D eigenvalue weighted by atomic mass is 9.89. The van der Waals surface area contributed by atoms with Crippen molar-refractivity contribution in [1.82, 2.24) is 10.0 Å². The van der Waals surface area contributed by atoms with Crippen molar-refractivity contribution in [3.8, 4) is 0 Å². The normalized spacial score (nSPS) is 16.8. The van der Waals surface area contributed by atoms with Gasteiger partial charge in [-0.1, -0.05) is 27.7 Å². The molecule has 0 aromatic heterocycles. The maximum atomic E-state index is 12.0. The Labute approximate surface area is 107 Å². The summed E-state index contributed by atoms with van der Waals surface area (Å²) in [5, 5.41) is 2.73. The molecule has 0 rings (SSSR count). The van der Waals surface area contributed by atoms with Gasteiger partial charge in [0.1, 0.15) is 0 Å². The Morgan fingerprint density at radius 2 is 1.71 bits per heavy atom. The van der Waals surface area contributed by atoms with Crippen molar-refractivity contribution in [3.63, 3.8) is 0 Å². The van der Waals surface area contributed by atoms with E-state index in [0.29, 0.717) is 6.54 Å². The first-order chi connectivity index (χ1) is 7.61. The second kappa shape index (κ2) is 6.71. The third-order valence-electron chi connectivity index (χ3n) is 3.03. The van der Waals surface area contributed by atoms with E-state index >= 15 is 0 Å². The molecule has 0 radical (unpaired) electrons. The highest BCUT2D eigenvalue weighted by atomic mass is 32.2. The van der Waals surface area contributed by atoms with Gasteiger partial charge in [0.15, 0.2) is 0 Å². The largest absolute Gasteiger partial charge is 0.315 e. The molecule has 4 nitrogen and oxygen atoms in total. The van der Waals surface area contributed by atoms with Crippen LogP contribution in [0.2, 0.25) is 0 Å². The molecule has 0 fully saturated rings. The first kappa shape index (κ1) is 16.9. The average molecular weight is 264 g/mol. The molecule has 2 unspecified atom stereocenters. The highest BCUT2D eigenvalue weighted by Gasteiger charge is 2.28. The van der Waals surface area contributed by atoms with Gasteiger partial charge < -0.3 is 5.32 Å². The lowest BCUT2D eigenvalue weighted by Crippen LogP contribution is -2.47. The van der Waals surface area contributed by atoms with Crippen molar-refractivity contribution in [3.05, 3.63) is 0 Å². The molecule has 0 heterocycles. The second-order valence-corrected chi connectivity index (χ2v) is 7.90. The summed E-state index contributed by atoms with van der Waals surface area (Å²) in [4.78, 5) is 0. The maximum Gasteiger partial charge on any atom is 0.215 e. The molecule has 0 aliphatic rings. The van der Waals surface area contributed by atoms with E-state index in [1.807, 2.05) is 27.7 Å². The number of rotatable bonds is 7. The van der Waals surface area contributed by atoms with Gasteiger partial charge in [-0.25, -0.2) is 13.1 Å². The Balaban J connectivity index is 4.37. The predicted octanol–water partition coefficient (Wildman–Crippen LogP) is 1.73. The summed E-state index contributed by atoms with van der Waals surface area (Å²) < 4.78 is 26.8. The van der Waals surface area contributed by atoms with Gasteiger partial charge >= 0.3 is 0 Å². The Kier molecular flexibility index (Phi) is 6.66. The van der Waals surface area contributed by atoms with Crippen LogP contribution in [0.15, 0.2) is 0 Å². The van der Waals surface area contributed by atoms with Gasteiger partial charge in [-0.15, -0.1) is 0 Å². The van der Waals surface area contributed by atoms with Crippen LogP contribution in [0.4, 0.5) is 0 Å². The molecule has 0 aromatic carbocycles. The molecule has 0 spiro atoms. The second-order valence-electron chi connectivity index (χ2n) is 5.77. The zero-order valence-corrected chi connectivity index (χ0v) is 12.8. The summed E-state index contributed by atoms with van der Waals surface area (Å²) in [7, 11) is -3.24. The summed E-state index contributed by atoms with van der Waals surface area (Å²) in [6.45, 7) is 13.1. The Morgan fingerprint density at radius 1 is 1.18 bits per heavy atom. The zero-order chi connectivity index (χ0) is 13.7. The van der Waals surface area contributed by atoms with Crippen molar-refractivity contribution >= 4 is 10.0 Å². The Bertz CT molecular complexity index is 307. The molecule has 2 N–H and O–H groups in total. The first-order valence-corrected chi connectivity index (χ1v) is 7.87. The minimum atomic E-state index is -3.24. The van der Waals surface area contributed by atoms with Gasteiger partial charge in [0.2, 0.25) is 10.0 Å². The van der Waals surface area contributed by atoms with Crippen LogP contribution in [0.5, 0.6) is 0 Å². The summed E-state index contributed by atoms with van der Waals surface area (Å²) in [5.41, 5.74) is -0.0658. The minimum Gasteiger partial charge on any atom is -0.315 e. The third kappa shape index (κ3) is 6.38. The molecule has 0 saturated heterocycles. The summed E-state index contributed by atoms with van der Waals surface area (Å²) >= 11 is 0. The summed E-state index contributed by atoms with van der Waals surface area (Å²) in [6.07, 6.45) is 1.01. The van der Waals surface area contributed by atoms with E-state index in [4.69, 9.17) is 0 Å². The van der Waals surface area contributed by atoms with Gasteiger partial charge in [-0.3, -0.25) is 0 Å². The van der Waals surface area contributed by atoms with E-state index in [2.05, 4.69) is 17.0 Å². The van der Waals surface area contributed by atoms with E-state index in [1.165, 1.54) is 0 Å². The van der Waals surface area contributed by atoms with Gasteiger partial charge in [-0.05, 0) is 32.2 Å². The highest BCUT2D eigenvalue weighted by Crippen LogP contribution is 2.19. The van der Waals surface area contributed by atoms with Crippen LogP contribution in [-0.4, -0.2) is 32.8 Å². The van der Waals surface area contributed by atoms with Crippen LogP contribution < -0.4 is 10.0 Å². The van der Waals surface area contributed by atoms with Gasteiger partial charge in [0, 0.05) is 12.6 Å². The zero-order valence-electron chi connectivity index (χ0n) is 12.0. The van der Waals surface area contributed by atoms with E-state index < -0.39 is 15.3 Å². The fourth-order valence-corrected chi connectivity index (χ4v) is 2.55. The van der Waals surface area contributed by atoms with E-state index in [-0.39, 0.29) is 11.5 Å². The maximum absolute atomic E-state index is 12.0. The van der Waals surface area contributed by atoms with Gasteiger partial charge in [-0.2, -0.15) is 0 Å². The van der Waals surface area contributed by atoms with Crippen LogP contribution in [-0.2, 0) is 10.0 Å². The molecule has 0 aromatic rings. The topological polar surface area (TPSA) is 58.2 Å². The molecule has 0 saturated carbocycles. The molecule has 0 amide bonds. The number of sulfonamides is 1. The van der Waals surface area contributed by atoms with Crippen LogP contribution in [0.25, 0.3) is 0 Å². The summed E-state index contributed by atoms with van der Waals surface area (Å²) in [5.74, 6) is 0. The molecule has 0 aliphatic heterocycles. The molecule has 0 bridgehead atoms. The van der Waals surface area contributed by atoms with Crippen LogP contribution >= 0.6 is 0 Å². The van der Waals surface area contributed by atoms with E-state index in [0.717, 1.165) is 13.0 Å². The SMILES string of the molecule is CCCNCC(C)S(=O)(=O)NC(C)C(C)(C)C. The number of hydrogen-bond donors (Lipinski definition) is 2. The van der Waals surface area contributed by atoms with Gasteiger partial charge in [0.25, 0.3) is 0 Å². The standard InChI is InChI=1S/C12H28N2O2S/c1-7-8-13-9-10(2)17(15,16)14-11(3)12(4,5)6/h10-11,13-14H,7-9H2,1-6H3. The Hall–Kier alpha value is -0.130. The van der Waals surface area contributed by atoms with Crippen molar-refractivity contribution in [2.24, 2.45) is 5.41 Å².